The van der Waals surface area contributed by atoms with Crippen LogP contribution in [0.15, 0.2) is 18.2 Å². The van der Waals surface area contributed by atoms with Crippen molar-refractivity contribution in [3.05, 3.63) is 35.4 Å². The lowest BCUT2D eigenvalue weighted by molar-refractivity contribution is -0.130. The second kappa shape index (κ2) is 7.06. The molecule has 0 aliphatic rings. The molecular weight excluding hydrogens is 240 g/mol. The van der Waals surface area contributed by atoms with Crippen LogP contribution in [0, 0.1) is 11.6 Å². The molecule has 1 N–H and O–H groups in total. The fraction of sp³-hybridized carbons (Fsp3) is 0.462. The summed E-state index contributed by atoms with van der Waals surface area (Å²) in [7, 11) is 0. The number of nitrogens with zero attached hydrogens (tertiary/aromatic N) is 1. The first-order valence-corrected chi connectivity index (χ1v) is 5.91. The summed E-state index contributed by atoms with van der Waals surface area (Å²) in [5.74, 6) is -2.18. The summed E-state index contributed by atoms with van der Waals surface area (Å²) >= 11 is 0. The van der Waals surface area contributed by atoms with Crippen molar-refractivity contribution in [1.82, 2.24) is 4.90 Å². The minimum atomic E-state index is -0.968. The number of rotatable bonds is 6. The van der Waals surface area contributed by atoms with Gasteiger partial charge in [-0.25, -0.2) is 8.78 Å². The van der Waals surface area contributed by atoms with Crippen LogP contribution in [0.5, 0.6) is 0 Å². The maximum atomic E-state index is 13.4. The number of halogens is 2. The molecule has 0 bridgehead atoms. The number of aliphatic hydroxyl groups is 1. The second-order valence-electron chi connectivity index (χ2n) is 3.94. The Morgan fingerprint density at radius 1 is 1.39 bits per heavy atom. The Morgan fingerprint density at radius 3 is 2.72 bits per heavy atom. The third kappa shape index (κ3) is 3.77. The summed E-state index contributed by atoms with van der Waals surface area (Å²) in [6.07, 6.45) is 0.314. The van der Waals surface area contributed by atoms with Gasteiger partial charge in [0, 0.05) is 25.3 Å². The first kappa shape index (κ1) is 14.6. The van der Waals surface area contributed by atoms with Gasteiger partial charge in [0.1, 0.15) is 0 Å². The highest BCUT2D eigenvalue weighted by Crippen LogP contribution is 2.13. The Labute approximate surface area is 105 Å². The largest absolute Gasteiger partial charge is 0.396 e. The molecule has 3 nitrogen and oxygen atoms in total. The van der Waals surface area contributed by atoms with Gasteiger partial charge >= 0.3 is 0 Å². The van der Waals surface area contributed by atoms with Crippen molar-refractivity contribution < 1.29 is 18.7 Å². The minimum Gasteiger partial charge on any atom is -0.396 e. The van der Waals surface area contributed by atoms with Crippen LogP contribution < -0.4 is 0 Å². The van der Waals surface area contributed by atoms with E-state index in [-0.39, 0.29) is 24.5 Å². The van der Waals surface area contributed by atoms with E-state index in [0.29, 0.717) is 19.5 Å². The number of hydrogen-bond donors (Lipinski definition) is 1. The van der Waals surface area contributed by atoms with E-state index in [1.165, 1.54) is 17.0 Å². The van der Waals surface area contributed by atoms with Crippen molar-refractivity contribution in [3.8, 4) is 0 Å². The molecule has 18 heavy (non-hydrogen) atoms. The van der Waals surface area contributed by atoms with Crippen LogP contribution in [0.25, 0.3) is 0 Å². The molecule has 1 aromatic rings. The molecule has 0 aromatic heterocycles. The summed E-state index contributed by atoms with van der Waals surface area (Å²) in [4.78, 5) is 13.4. The molecule has 0 aliphatic heterocycles. The summed E-state index contributed by atoms with van der Waals surface area (Å²) in [6, 6.07) is 3.80. The van der Waals surface area contributed by atoms with Gasteiger partial charge in [-0.15, -0.1) is 0 Å². The van der Waals surface area contributed by atoms with Crippen molar-refractivity contribution in [2.24, 2.45) is 0 Å². The molecule has 0 spiro atoms. The lowest BCUT2D eigenvalue weighted by Gasteiger charge is -2.20. The monoisotopic (exact) mass is 257 g/mol. The first-order valence-electron chi connectivity index (χ1n) is 5.91. The number of aliphatic hydroxyl groups excluding tert-OH is 1. The van der Waals surface area contributed by atoms with Crippen LogP contribution in [-0.4, -0.2) is 35.6 Å². The third-order valence-electron chi connectivity index (χ3n) is 2.69. The number of hydrogen-bond acceptors (Lipinski definition) is 2. The molecule has 0 radical (unpaired) electrons. The molecule has 0 unspecified atom stereocenters. The fourth-order valence-corrected chi connectivity index (χ4v) is 1.68. The first-order chi connectivity index (χ1) is 8.60. The fourth-order valence-electron chi connectivity index (χ4n) is 1.68. The Bertz CT molecular complexity index is 410. The highest BCUT2D eigenvalue weighted by molar-refractivity contribution is 5.78. The van der Waals surface area contributed by atoms with Gasteiger partial charge in [0.15, 0.2) is 11.6 Å². The van der Waals surface area contributed by atoms with E-state index in [1.807, 2.05) is 0 Å². The SMILES string of the molecule is CCN(CCCO)C(=O)Cc1cccc(F)c1F. The molecule has 0 saturated heterocycles. The minimum absolute atomic E-state index is 0.00188. The molecule has 5 heteroatoms. The molecule has 0 atom stereocenters. The van der Waals surface area contributed by atoms with Gasteiger partial charge < -0.3 is 10.0 Å². The van der Waals surface area contributed by atoms with Gasteiger partial charge in [0.05, 0.1) is 6.42 Å². The van der Waals surface area contributed by atoms with E-state index in [4.69, 9.17) is 5.11 Å². The van der Waals surface area contributed by atoms with Gasteiger partial charge in [0.2, 0.25) is 5.91 Å². The van der Waals surface area contributed by atoms with E-state index in [1.54, 1.807) is 6.92 Å². The molecule has 1 rings (SSSR count). The number of carbonyl (C=O) groups excluding carboxylic acids is 1. The molecule has 1 amide bonds. The van der Waals surface area contributed by atoms with E-state index >= 15 is 0 Å². The van der Waals surface area contributed by atoms with Crippen LogP contribution in [0.3, 0.4) is 0 Å². The van der Waals surface area contributed by atoms with E-state index in [0.717, 1.165) is 6.07 Å². The van der Waals surface area contributed by atoms with E-state index < -0.39 is 11.6 Å². The Balaban J connectivity index is 2.70. The number of carbonyl (C=O) groups is 1. The van der Waals surface area contributed by atoms with Crippen LogP contribution in [0.2, 0.25) is 0 Å². The maximum Gasteiger partial charge on any atom is 0.227 e. The van der Waals surface area contributed by atoms with Crippen molar-refractivity contribution in [1.29, 1.82) is 0 Å². The molecule has 0 heterocycles. The summed E-state index contributed by atoms with van der Waals surface area (Å²) < 4.78 is 26.4. The van der Waals surface area contributed by atoms with Crippen LogP contribution in [-0.2, 0) is 11.2 Å². The molecule has 0 saturated carbocycles. The van der Waals surface area contributed by atoms with Gasteiger partial charge in [0.25, 0.3) is 0 Å². The van der Waals surface area contributed by atoms with E-state index in [2.05, 4.69) is 0 Å². The average Bonchev–Trinajstić information content (AvgIpc) is 2.36. The summed E-state index contributed by atoms with van der Waals surface area (Å²) in [6.45, 7) is 2.70. The van der Waals surface area contributed by atoms with Crippen molar-refractivity contribution in [2.75, 3.05) is 19.7 Å². The predicted molar refractivity (Wildman–Crippen MR) is 64.0 cm³/mol. The highest BCUT2D eigenvalue weighted by atomic mass is 19.2. The van der Waals surface area contributed by atoms with Gasteiger partial charge in [-0.1, -0.05) is 12.1 Å². The second-order valence-corrected chi connectivity index (χ2v) is 3.94. The van der Waals surface area contributed by atoms with Crippen molar-refractivity contribution in [3.63, 3.8) is 0 Å². The summed E-state index contributed by atoms with van der Waals surface area (Å²) in [5, 5.41) is 8.72. The Morgan fingerprint density at radius 2 is 2.11 bits per heavy atom. The van der Waals surface area contributed by atoms with Crippen molar-refractivity contribution >= 4 is 5.91 Å². The summed E-state index contributed by atoms with van der Waals surface area (Å²) in [5.41, 5.74) is 0.0578. The van der Waals surface area contributed by atoms with Crippen LogP contribution in [0.4, 0.5) is 8.78 Å². The Kier molecular flexibility index (Phi) is 5.71. The van der Waals surface area contributed by atoms with Crippen molar-refractivity contribution in [2.45, 2.75) is 19.8 Å². The third-order valence-corrected chi connectivity index (χ3v) is 2.69. The molecule has 1 aromatic carbocycles. The zero-order valence-corrected chi connectivity index (χ0v) is 10.3. The molecule has 0 aliphatic carbocycles. The van der Waals surface area contributed by atoms with Gasteiger partial charge in [-0.3, -0.25) is 4.79 Å². The van der Waals surface area contributed by atoms with E-state index in [9.17, 15) is 13.6 Å². The quantitative estimate of drug-likeness (QED) is 0.843. The Hall–Kier alpha value is -1.49. The lowest BCUT2D eigenvalue weighted by Crippen LogP contribution is -2.33. The highest BCUT2D eigenvalue weighted by Gasteiger charge is 2.15. The predicted octanol–water partition coefficient (Wildman–Crippen LogP) is 1.74. The van der Waals surface area contributed by atoms with Gasteiger partial charge in [-0.05, 0) is 19.4 Å². The van der Waals surface area contributed by atoms with Gasteiger partial charge in [-0.2, -0.15) is 0 Å². The number of amides is 1. The molecule has 100 valence electrons. The van der Waals surface area contributed by atoms with Crippen LogP contribution in [0.1, 0.15) is 18.9 Å². The molecule has 0 fully saturated rings. The molecular formula is C13H17F2NO2. The standard InChI is InChI=1S/C13H17F2NO2/c1-2-16(7-4-8-17)12(18)9-10-5-3-6-11(14)13(10)15/h3,5-6,17H,2,4,7-9H2,1H3. The number of likely N-dealkylation sites (N-methyl/N-ethyl adjacent to an activating group) is 1. The lowest BCUT2D eigenvalue weighted by atomic mass is 10.1. The maximum absolute atomic E-state index is 13.4. The zero-order valence-electron chi connectivity index (χ0n) is 10.3. The average molecular weight is 257 g/mol. The number of benzene rings is 1. The topological polar surface area (TPSA) is 40.5 Å². The van der Waals surface area contributed by atoms with Crippen LogP contribution >= 0.6 is 0 Å². The zero-order chi connectivity index (χ0) is 13.5. The smallest absolute Gasteiger partial charge is 0.227 e. The normalized spacial score (nSPS) is 10.4.